The molecule has 2 aromatic carbocycles. The zero-order chi connectivity index (χ0) is 15.0. The van der Waals surface area contributed by atoms with Gasteiger partial charge in [0.05, 0.1) is 0 Å². The normalized spacial score (nSPS) is 17.1. The highest BCUT2D eigenvalue weighted by atomic mass is 35.5. The SMILES string of the molecule is CN(C)C1=NC(c2ccccc2Cl)c2cccc(O)c2C1. The molecule has 3 rings (SSSR count). The summed E-state index contributed by atoms with van der Waals surface area (Å²) in [7, 11) is 3.93. The van der Waals surface area contributed by atoms with Crippen LogP contribution in [0.5, 0.6) is 5.75 Å². The lowest BCUT2D eigenvalue weighted by atomic mass is 9.90. The largest absolute Gasteiger partial charge is 0.508 e. The fraction of sp³-hybridized carbons (Fsp3) is 0.235. The third-order valence-corrected chi connectivity index (χ3v) is 4.16. The molecular formula is C17H17ClN2O. The van der Waals surface area contributed by atoms with E-state index in [1.807, 2.05) is 55.4 Å². The quantitative estimate of drug-likeness (QED) is 0.872. The number of benzene rings is 2. The van der Waals surface area contributed by atoms with Crippen molar-refractivity contribution in [2.45, 2.75) is 12.5 Å². The lowest BCUT2D eigenvalue weighted by molar-refractivity contribution is 0.466. The average molecular weight is 301 g/mol. The Balaban J connectivity index is 2.19. The summed E-state index contributed by atoms with van der Waals surface area (Å²) in [5, 5.41) is 10.9. The molecule has 4 heteroatoms. The van der Waals surface area contributed by atoms with E-state index in [2.05, 4.69) is 0 Å². The Hall–Kier alpha value is -2.00. The van der Waals surface area contributed by atoms with Gasteiger partial charge in [-0.25, -0.2) is 0 Å². The highest BCUT2D eigenvalue weighted by Gasteiger charge is 2.27. The first kappa shape index (κ1) is 14.0. The molecule has 1 aliphatic rings. The summed E-state index contributed by atoms with van der Waals surface area (Å²) in [5.74, 6) is 1.26. The minimum atomic E-state index is -0.174. The maximum Gasteiger partial charge on any atom is 0.119 e. The molecule has 1 aliphatic heterocycles. The summed E-state index contributed by atoms with van der Waals surface area (Å²) in [6.45, 7) is 0. The van der Waals surface area contributed by atoms with E-state index in [4.69, 9.17) is 16.6 Å². The first-order valence-electron chi connectivity index (χ1n) is 6.87. The van der Waals surface area contributed by atoms with Gasteiger partial charge in [-0.3, -0.25) is 4.99 Å². The van der Waals surface area contributed by atoms with Crippen LogP contribution in [0.25, 0.3) is 0 Å². The van der Waals surface area contributed by atoms with Crippen LogP contribution in [0.3, 0.4) is 0 Å². The van der Waals surface area contributed by atoms with Crippen molar-refractivity contribution in [2.24, 2.45) is 4.99 Å². The number of phenols is 1. The van der Waals surface area contributed by atoms with Crippen LogP contribution < -0.4 is 0 Å². The average Bonchev–Trinajstić information content (AvgIpc) is 2.47. The molecule has 0 spiro atoms. The number of phenolic OH excluding ortho intramolecular Hbond substituents is 1. The van der Waals surface area contributed by atoms with Gasteiger partial charge in [0, 0.05) is 31.1 Å². The van der Waals surface area contributed by atoms with E-state index < -0.39 is 0 Å². The molecule has 0 fully saturated rings. The molecule has 1 N–H and O–H groups in total. The fourth-order valence-electron chi connectivity index (χ4n) is 2.67. The number of likely N-dealkylation sites (N-methyl/N-ethyl adjacent to an activating group) is 1. The number of fused-ring (bicyclic) bond motifs is 1. The molecular weight excluding hydrogens is 284 g/mol. The predicted octanol–water partition coefficient (Wildman–Crippen LogP) is 3.65. The maximum atomic E-state index is 10.2. The first-order chi connectivity index (χ1) is 10.1. The third kappa shape index (κ3) is 2.49. The van der Waals surface area contributed by atoms with E-state index in [0.717, 1.165) is 22.5 Å². The maximum absolute atomic E-state index is 10.2. The van der Waals surface area contributed by atoms with E-state index in [1.165, 1.54) is 0 Å². The third-order valence-electron chi connectivity index (χ3n) is 3.81. The van der Waals surface area contributed by atoms with E-state index >= 15 is 0 Å². The fourth-order valence-corrected chi connectivity index (χ4v) is 2.91. The highest BCUT2D eigenvalue weighted by molar-refractivity contribution is 6.31. The molecule has 0 saturated heterocycles. The van der Waals surface area contributed by atoms with Gasteiger partial charge < -0.3 is 10.0 Å². The summed E-state index contributed by atoms with van der Waals surface area (Å²) < 4.78 is 0. The highest BCUT2D eigenvalue weighted by Crippen LogP contribution is 2.39. The van der Waals surface area contributed by atoms with Crippen LogP contribution in [0.1, 0.15) is 22.7 Å². The number of aliphatic imine (C=N–C) groups is 1. The minimum absolute atomic E-state index is 0.174. The number of halogens is 1. The topological polar surface area (TPSA) is 35.8 Å². The van der Waals surface area contributed by atoms with Gasteiger partial charge in [-0.1, -0.05) is 41.9 Å². The van der Waals surface area contributed by atoms with Gasteiger partial charge in [0.25, 0.3) is 0 Å². The monoisotopic (exact) mass is 300 g/mol. The van der Waals surface area contributed by atoms with Crippen molar-refractivity contribution < 1.29 is 5.11 Å². The predicted molar refractivity (Wildman–Crippen MR) is 86.2 cm³/mol. The van der Waals surface area contributed by atoms with E-state index in [9.17, 15) is 5.11 Å². The number of hydrogen-bond acceptors (Lipinski definition) is 3. The van der Waals surface area contributed by atoms with E-state index in [-0.39, 0.29) is 6.04 Å². The van der Waals surface area contributed by atoms with Crippen LogP contribution in [-0.2, 0) is 6.42 Å². The Labute approximate surface area is 129 Å². The van der Waals surface area contributed by atoms with Crippen LogP contribution in [0.2, 0.25) is 5.02 Å². The summed E-state index contributed by atoms with van der Waals surface area (Å²) in [5.41, 5.74) is 2.92. The van der Waals surface area contributed by atoms with Crippen LogP contribution >= 0.6 is 11.6 Å². The smallest absolute Gasteiger partial charge is 0.119 e. The van der Waals surface area contributed by atoms with Crippen LogP contribution in [0, 0.1) is 0 Å². The van der Waals surface area contributed by atoms with Crippen LogP contribution in [-0.4, -0.2) is 29.9 Å². The molecule has 1 atom stereocenters. The molecule has 2 aromatic rings. The molecule has 0 amide bonds. The summed E-state index contributed by atoms with van der Waals surface area (Å²) >= 11 is 6.35. The Morgan fingerprint density at radius 3 is 2.52 bits per heavy atom. The van der Waals surface area contributed by atoms with E-state index in [1.54, 1.807) is 6.07 Å². The second kappa shape index (κ2) is 5.41. The molecule has 0 radical (unpaired) electrons. The van der Waals surface area contributed by atoms with Gasteiger partial charge in [0.2, 0.25) is 0 Å². The van der Waals surface area contributed by atoms with Crippen molar-refractivity contribution in [3.05, 3.63) is 64.2 Å². The number of amidine groups is 1. The second-order valence-electron chi connectivity index (χ2n) is 5.39. The lowest BCUT2D eigenvalue weighted by Gasteiger charge is -2.28. The Morgan fingerprint density at radius 2 is 1.81 bits per heavy atom. The van der Waals surface area contributed by atoms with Gasteiger partial charge >= 0.3 is 0 Å². The molecule has 1 unspecified atom stereocenters. The zero-order valence-corrected chi connectivity index (χ0v) is 12.8. The second-order valence-corrected chi connectivity index (χ2v) is 5.79. The summed E-state index contributed by atoms with van der Waals surface area (Å²) in [4.78, 5) is 6.83. The standard InChI is InChI=1S/C17H17ClN2O/c1-20(2)16-10-13-11(7-5-9-15(13)21)17(19-16)12-6-3-4-8-14(12)18/h3-9,17,21H,10H2,1-2H3. The Bertz CT molecular complexity index is 710. The molecule has 0 aromatic heterocycles. The molecule has 108 valence electrons. The summed E-state index contributed by atoms with van der Waals surface area (Å²) in [6.07, 6.45) is 0.635. The number of hydrogen-bond donors (Lipinski definition) is 1. The molecule has 0 saturated carbocycles. The molecule has 3 nitrogen and oxygen atoms in total. The molecule has 21 heavy (non-hydrogen) atoms. The van der Waals surface area contributed by atoms with Gasteiger partial charge in [-0.05, 0) is 23.3 Å². The first-order valence-corrected chi connectivity index (χ1v) is 7.25. The van der Waals surface area contributed by atoms with E-state index in [0.29, 0.717) is 17.2 Å². The lowest BCUT2D eigenvalue weighted by Crippen LogP contribution is -2.28. The number of aromatic hydroxyl groups is 1. The van der Waals surface area contributed by atoms with Crippen molar-refractivity contribution >= 4 is 17.4 Å². The van der Waals surface area contributed by atoms with Gasteiger partial charge in [0.1, 0.15) is 17.6 Å². The zero-order valence-electron chi connectivity index (χ0n) is 12.0. The molecule has 1 heterocycles. The summed E-state index contributed by atoms with van der Waals surface area (Å²) in [6, 6.07) is 13.2. The van der Waals surface area contributed by atoms with Crippen molar-refractivity contribution in [3.63, 3.8) is 0 Å². The molecule has 0 bridgehead atoms. The Kier molecular flexibility index (Phi) is 3.60. The van der Waals surface area contributed by atoms with Gasteiger partial charge in [-0.15, -0.1) is 0 Å². The van der Waals surface area contributed by atoms with Crippen molar-refractivity contribution in [1.82, 2.24) is 4.90 Å². The Morgan fingerprint density at radius 1 is 1.10 bits per heavy atom. The minimum Gasteiger partial charge on any atom is -0.508 e. The van der Waals surface area contributed by atoms with Crippen LogP contribution in [0.4, 0.5) is 0 Å². The van der Waals surface area contributed by atoms with Crippen molar-refractivity contribution in [3.8, 4) is 5.75 Å². The number of nitrogens with zero attached hydrogens (tertiary/aromatic N) is 2. The van der Waals surface area contributed by atoms with Gasteiger partial charge in [-0.2, -0.15) is 0 Å². The van der Waals surface area contributed by atoms with Gasteiger partial charge in [0.15, 0.2) is 0 Å². The van der Waals surface area contributed by atoms with Crippen molar-refractivity contribution in [1.29, 1.82) is 0 Å². The number of rotatable bonds is 1. The van der Waals surface area contributed by atoms with Crippen LogP contribution in [0.15, 0.2) is 47.5 Å². The molecule has 0 aliphatic carbocycles. The van der Waals surface area contributed by atoms with Crippen molar-refractivity contribution in [2.75, 3.05) is 14.1 Å².